The molecule has 136 valence electrons. The first-order chi connectivity index (χ1) is 11.6. The van der Waals surface area contributed by atoms with E-state index >= 15 is 0 Å². The maximum atomic E-state index is 14.6. The molecule has 0 bridgehead atoms. The highest BCUT2D eigenvalue weighted by Gasteiger charge is 2.47. The van der Waals surface area contributed by atoms with Gasteiger partial charge in [0.15, 0.2) is 9.84 Å². The molecule has 0 spiro atoms. The first-order valence-electron chi connectivity index (χ1n) is 7.63. The molecule has 0 aliphatic carbocycles. The maximum absolute atomic E-state index is 14.6. The van der Waals surface area contributed by atoms with Crippen LogP contribution in [-0.2, 0) is 24.8 Å². The van der Waals surface area contributed by atoms with Crippen LogP contribution in [0.5, 0.6) is 0 Å². The Bertz CT molecular complexity index is 844. The van der Waals surface area contributed by atoms with Crippen molar-refractivity contribution >= 4 is 27.5 Å². The van der Waals surface area contributed by atoms with Crippen molar-refractivity contribution in [3.63, 3.8) is 0 Å². The van der Waals surface area contributed by atoms with Crippen LogP contribution in [0.1, 0.15) is 12.5 Å². The molecular weight excluding hydrogens is 353 g/mol. The van der Waals surface area contributed by atoms with Crippen LogP contribution in [0.4, 0.5) is 14.9 Å². The average Bonchev–Trinajstić information content (AvgIpc) is 3.12. The Labute approximate surface area is 144 Å². The lowest BCUT2D eigenvalue weighted by Gasteiger charge is -2.31. The van der Waals surface area contributed by atoms with Crippen LogP contribution in [0.15, 0.2) is 18.2 Å². The second-order valence-electron chi connectivity index (χ2n) is 6.35. The number of rotatable bonds is 4. The summed E-state index contributed by atoms with van der Waals surface area (Å²) in [6.07, 6.45) is -1.54. The minimum Gasteiger partial charge on any atom is -0.443 e. The van der Waals surface area contributed by atoms with Gasteiger partial charge in [-0.25, -0.2) is 17.6 Å². The molecular formula is C15H18FN3O5S. The number of cyclic esters (lactones) is 1. The lowest BCUT2D eigenvalue weighted by Crippen LogP contribution is -2.49. The van der Waals surface area contributed by atoms with Crippen molar-refractivity contribution in [3.8, 4) is 0 Å². The third kappa shape index (κ3) is 3.01. The zero-order chi connectivity index (χ0) is 18.4. The Hall–Kier alpha value is -2.36. The summed E-state index contributed by atoms with van der Waals surface area (Å²) in [6.45, 7) is 1.76. The lowest BCUT2D eigenvalue weighted by atomic mass is 9.76. The number of anilines is 1. The number of amides is 2. The highest BCUT2D eigenvalue weighted by atomic mass is 32.2. The molecule has 1 aromatic rings. The first-order valence-corrected chi connectivity index (χ1v) is 9.45. The number of hydrogen-bond donors (Lipinski definition) is 2. The zero-order valence-corrected chi connectivity index (χ0v) is 14.3. The molecule has 2 aliphatic rings. The molecule has 2 saturated heterocycles. The summed E-state index contributed by atoms with van der Waals surface area (Å²) in [6, 6.07) is 4.05. The van der Waals surface area contributed by atoms with Crippen molar-refractivity contribution < 1.29 is 27.1 Å². The molecule has 10 heteroatoms. The van der Waals surface area contributed by atoms with E-state index in [1.807, 2.05) is 0 Å². The molecule has 3 rings (SSSR count). The largest absolute Gasteiger partial charge is 0.443 e. The quantitative estimate of drug-likeness (QED) is 0.761. The van der Waals surface area contributed by atoms with Crippen molar-refractivity contribution in [3.05, 3.63) is 29.6 Å². The second kappa shape index (κ2) is 5.87. The highest BCUT2D eigenvalue weighted by Crippen LogP contribution is 2.34. The minimum absolute atomic E-state index is 0.0309. The number of carbonyl (C=O) groups excluding carboxylic acids is 2. The molecule has 2 fully saturated rings. The molecule has 8 nitrogen and oxygen atoms in total. The third-order valence-corrected chi connectivity index (χ3v) is 6.26. The lowest BCUT2D eigenvalue weighted by molar-refractivity contribution is -0.126. The van der Waals surface area contributed by atoms with Gasteiger partial charge in [0.1, 0.15) is 23.2 Å². The van der Waals surface area contributed by atoms with Gasteiger partial charge in [-0.05, 0) is 24.6 Å². The van der Waals surface area contributed by atoms with Gasteiger partial charge < -0.3 is 20.7 Å². The van der Waals surface area contributed by atoms with Gasteiger partial charge in [-0.1, -0.05) is 6.07 Å². The molecule has 25 heavy (non-hydrogen) atoms. The van der Waals surface area contributed by atoms with Crippen LogP contribution in [0, 0.1) is 5.82 Å². The predicted octanol–water partition coefficient (Wildman–Crippen LogP) is -0.131. The maximum Gasteiger partial charge on any atom is 0.407 e. The van der Waals surface area contributed by atoms with Crippen molar-refractivity contribution in [1.29, 1.82) is 0 Å². The number of alkyl carbamates (subject to hydrolysis) is 1. The molecule has 2 amide bonds. The van der Waals surface area contributed by atoms with Gasteiger partial charge in [-0.15, -0.1) is 0 Å². The molecule has 3 N–H and O–H groups in total. The fraction of sp³-hybridized carbons (Fsp3) is 0.467. The minimum atomic E-state index is -3.21. The van der Waals surface area contributed by atoms with Gasteiger partial charge in [0, 0.05) is 6.54 Å². The number of benzene rings is 1. The van der Waals surface area contributed by atoms with Gasteiger partial charge >= 0.3 is 6.09 Å². The van der Waals surface area contributed by atoms with E-state index in [1.54, 1.807) is 0 Å². The van der Waals surface area contributed by atoms with E-state index in [9.17, 15) is 22.4 Å². The van der Waals surface area contributed by atoms with Gasteiger partial charge in [0.2, 0.25) is 5.91 Å². The van der Waals surface area contributed by atoms with Crippen LogP contribution in [-0.4, -0.2) is 51.2 Å². The standard InChI is InChI=1S/C15H18FN3O5S/c1-15(13(17)20,12-7-18-14(21)24-12)9-2-3-11(10(16)6-9)19-4-5-25(22,23)8-19/h2-3,6,12H,4-5,7-8H2,1H3,(H2,17,20)(H,18,21). The number of primary amides is 1. The van der Waals surface area contributed by atoms with Gasteiger partial charge in [-0.2, -0.15) is 0 Å². The number of carbonyl (C=O) groups is 2. The Balaban J connectivity index is 1.95. The van der Waals surface area contributed by atoms with E-state index < -0.39 is 39.2 Å². The number of nitrogens with one attached hydrogen (secondary N) is 1. The third-order valence-electron chi connectivity index (χ3n) is 4.75. The fourth-order valence-electron chi connectivity index (χ4n) is 3.09. The van der Waals surface area contributed by atoms with Crippen molar-refractivity contribution in [2.45, 2.75) is 18.4 Å². The highest BCUT2D eigenvalue weighted by molar-refractivity contribution is 7.91. The van der Waals surface area contributed by atoms with E-state index in [4.69, 9.17) is 10.5 Å². The average molecular weight is 371 g/mol. The summed E-state index contributed by atoms with van der Waals surface area (Å²) in [5.41, 5.74) is 4.47. The number of ether oxygens (including phenoxy) is 1. The molecule has 1 aromatic carbocycles. The first kappa shape index (κ1) is 17.5. The Morgan fingerprint density at radius 1 is 1.48 bits per heavy atom. The van der Waals surface area contributed by atoms with Crippen LogP contribution < -0.4 is 16.0 Å². The molecule has 2 atom stereocenters. The molecule has 0 saturated carbocycles. The van der Waals surface area contributed by atoms with E-state index in [2.05, 4.69) is 5.32 Å². The summed E-state index contributed by atoms with van der Waals surface area (Å²) >= 11 is 0. The van der Waals surface area contributed by atoms with Crippen LogP contribution in [0.25, 0.3) is 0 Å². The van der Waals surface area contributed by atoms with Crippen molar-refractivity contribution in [2.24, 2.45) is 5.73 Å². The predicted molar refractivity (Wildman–Crippen MR) is 87.2 cm³/mol. The Kier molecular flexibility index (Phi) is 4.10. The van der Waals surface area contributed by atoms with Gasteiger partial charge in [0.25, 0.3) is 0 Å². The summed E-state index contributed by atoms with van der Waals surface area (Å²) in [5.74, 6) is -1.71. The van der Waals surface area contributed by atoms with Crippen LogP contribution >= 0.6 is 0 Å². The number of nitrogens with two attached hydrogens (primary N) is 1. The van der Waals surface area contributed by atoms with E-state index in [-0.39, 0.29) is 36.0 Å². The molecule has 0 aromatic heterocycles. The van der Waals surface area contributed by atoms with Crippen LogP contribution in [0.3, 0.4) is 0 Å². The normalized spacial score (nSPS) is 24.5. The summed E-state index contributed by atoms with van der Waals surface area (Å²) in [7, 11) is -3.21. The SMILES string of the molecule is CC(C(N)=O)(c1ccc(N2CCS(=O)(=O)C2)c(F)c1)C1CNC(=O)O1. The number of sulfone groups is 1. The summed E-state index contributed by atoms with van der Waals surface area (Å²) < 4.78 is 42.8. The Morgan fingerprint density at radius 2 is 2.20 bits per heavy atom. The van der Waals surface area contributed by atoms with Gasteiger partial charge in [0.05, 0.1) is 18.0 Å². The van der Waals surface area contributed by atoms with Crippen LogP contribution in [0.2, 0.25) is 0 Å². The van der Waals surface area contributed by atoms with Crippen molar-refractivity contribution in [1.82, 2.24) is 5.32 Å². The number of halogens is 1. The molecule has 0 radical (unpaired) electrons. The summed E-state index contributed by atoms with van der Waals surface area (Å²) in [5, 5.41) is 2.44. The Morgan fingerprint density at radius 3 is 2.68 bits per heavy atom. The second-order valence-corrected chi connectivity index (χ2v) is 8.50. The van der Waals surface area contributed by atoms with Gasteiger partial charge in [-0.3, -0.25) is 4.79 Å². The number of nitrogens with zero attached hydrogens (tertiary/aromatic N) is 1. The van der Waals surface area contributed by atoms with E-state index in [0.717, 1.165) is 6.07 Å². The smallest absolute Gasteiger partial charge is 0.407 e. The van der Waals surface area contributed by atoms with Crippen molar-refractivity contribution in [2.75, 3.05) is 29.6 Å². The monoisotopic (exact) mass is 371 g/mol. The van der Waals surface area contributed by atoms with E-state index in [0.29, 0.717) is 0 Å². The topological polar surface area (TPSA) is 119 Å². The number of hydrogen-bond acceptors (Lipinski definition) is 6. The summed E-state index contributed by atoms with van der Waals surface area (Å²) in [4.78, 5) is 24.8. The van der Waals surface area contributed by atoms with E-state index in [1.165, 1.54) is 24.0 Å². The molecule has 2 aliphatic heterocycles. The molecule has 2 unspecified atom stereocenters. The molecule has 2 heterocycles. The fourth-order valence-corrected chi connectivity index (χ4v) is 4.46. The zero-order valence-electron chi connectivity index (χ0n) is 13.5.